The first-order valence-electron chi connectivity index (χ1n) is 7.71. The maximum atomic E-state index is 12.5. The Hall–Kier alpha value is -2.41. The summed E-state index contributed by atoms with van der Waals surface area (Å²) in [6.45, 7) is 0. The van der Waals surface area contributed by atoms with Gasteiger partial charge in [0.05, 0.1) is 5.69 Å². The molecule has 7 heteroatoms. The number of thiophene rings is 1. The average Bonchev–Trinajstić information content (AvgIpc) is 3.03. The van der Waals surface area contributed by atoms with Gasteiger partial charge in [0.2, 0.25) is 0 Å². The number of pyridine rings is 1. The summed E-state index contributed by atoms with van der Waals surface area (Å²) in [4.78, 5) is 13.1. The predicted molar refractivity (Wildman–Crippen MR) is 106 cm³/mol. The lowest BCUT2D eigenvalue weighted by Crippen LogP contribution is -2.16. The van der Waals surface area contributed by atoms with Crippen molar-refractivity contribution in [1.82, 2.24) is 4.57 Å². The predicted octanol–water partition coefficient (Wildman–Crippen LogP) is 4.65. The van der Waals surface area contributed by atoms with Crippen LogP contribution in [0.3, 0.4) is 0 Å². The number of nitrogens with zero attached hydrogens (tertiary/aromatic N) is 1. The van der Waals surface area contributed by atoms with Gasteiger partial charge in [0.15, 0.2) is 0 Å². The Morgan fingerprint density at radius 1 is 0.846 bits per heavy atom. The third kappa shape index (κ3) is 2.86. The Kier molecular flexibility index (Phi) is 4.19. The molecule has 2 aromatic heterocycles. The normalized spacial score (nSPS) is 11.7. The lowest BCUT2D eigenvalue weighted by atomic mass is 10.1. The molecular weight excluding hydrogens is 390 g/mol. The lowest BCUT2D eigenvalue weighted by Gasteiger charge is -2.07. The fourth-order valence-corrected chi connectivity index (χ4v) is 5.63. The zero-order chi connectivity index (χ0) is 18.3. The van der Waals surface area contributed by atoms with Crippen LogP contribution in [0.4, 0.5) is 0 Å². The van der Waals surface area contributed by atoms with Crippen LogP contribution in [-0.4, -0.2) is 13.0 Å². The van der Waals surface area contributed by atoms with Crippen molar-refractivity contribution in [3.05, 3.63) is 83.2 Å². The number of halogens is 1. The molecule has 2 heterocycles. The third-order valence-electron chi connectivity index (χ3n) is 4.01. The number of para-hydroxylation sites is 1. The number of aromatic nitrogens is 1. The van der Waals surface area contributed by atoms with Crippen LogP contribution in [0.2, 0.25) is 0 Å². The van der Waals surface area contributed by atoms with Crippen LogP contribution in [0.25, 0.3) is 27.0 Å². The van der Waals surface area contributed by atoms with Gasteiger partial charge in [-0.3, -0.25) is 9.36 Å². The highest BCUT2D eigenvalue weighted by atomic mass is 35.7. The standard InChI is InChI=1S/C19H12ClNO3S2/c20-26(23,24)19-17(13-7-3-1-4-8-13)15-11-12-16(22)21(18(15)25-19)14-9-5-2-6-10-14/h1-12H. The maximum Gasteiger partial charge on any atom is 0.271 e. The van der Waals surface area contributed by atoms with E-state index in [9.17, 15) is 13.2 Å². The van der Waals surface area contributed by atoms with E-state index in [0.717, 1.165) is 16.9 Å². The van der Waals surface area contributed by atoms with Gasteiger partial charge in [0.25, 0.3) is 14.6 Å². The SMILES string of the molecule is O=c1ccc2c(-c3ccccc3)c(S(=O)(=O)Cl)sc2n1-c1ccccc1. The Bertz CT molecular complexity index is 1260. The minimum absolute atomic E-state index is 0.0376. The minimum atomic E-state index is -3.98. The lowest BCUT2D eigenvalue weighted by molar-refractivity contribution is 0.611. The van der Waals surface area contributed by atoms with Crippen molar-refractivity contribution in [2.75, 3.05) is 0 Å². The van der Waals surface area contributed by atoms with Crippen molar-refractivity contribution in [3.8, 4) is 16.8 Å². The molecule has 0 fully saturated rings. The minimum Gasteiger partial charge on any atom is -0.269 e. The van der Waals surface area contributed by atoms with E-state index in [1.54, 1.807) is 18.2 Å². The van der Waals surface area contributed by atoms with Gasteiger partial charge in [0, 0.05) is 27.7 Å². The zero-order valence-corrected chi connectivity index (χ0v) is 15.7. The summed E-state index contributed by atoms with van der Waals surface area (Å²) in [5.41, 5.74) is 1.69. The van der Waals surface area contributed by atoms with Crippen molar-refractivity contribution in [2.45, 2.75) is 4.21 Å². The Balaban J connectivity index is 2.17. The monoisotopic (exact) mass is 401 g/mol. The molecule has 0 N–H and O–H groups in total. The summed E-state index contributed by atoms with van der Waals surface area (Å²) >= 11 is 1.00. The highest BCUT2D eigenvalue weighted by Gasteiger charge is 2.25. The van der Waals surface area contributed by atoms with Gasteiger partial charge in [-0.1, -0.05) is 48.5 Å². The average molecular weight is 402 g/mol. The fourth-order valence-electron chi connectivity index (χ4n) is 2.93. The van der Waals surface area contributed by atoms with Crippen molar-refractivity contribution in [1.29, 1.82) is 0 Å². The van der Waals surface area contributed by atoms with E-state index in [1.165, 1.54) is 10.6 Å². The molecule has 2 aromatic carbocycles. The summed E-state index contributed by atoms with van der Waals surface area (Å²) in [6.07, 6.45) is 0. The second-order valence-electron chi connectivity index (χ2n) is 5.63. The zero-order valence-electron chi connectivity index (χ0n) is 13.3. The molecule has 0 atom stereocenters. The van der Waals surface area contributed by atoms with Crippen LogP contribution in [-0.2, 0) is 9.05 Å². The van der Waals surface area contributed by atoms with Gasteiger partial charge >= 0.3 is 0 Å². The third-order valence-corrected chi connectivity index (χ3v) is 7.29. The highest BCUT2D eigenvalue weighted by Crippen LogP contribution is 2.42. The van der Waals surface area contributed by atoms with E-state index in [-0.39, 0.29) is 9.77 Å². The summed E-state index contributed by atoms with van der Waals surface area (Å²) in [5, 5.41) is 0.670. The summed E-state index contributed by atoms with van der Waals surface area (Å²) in [7, 11) is 1.74. The van der Waals surface area contributed by atoms with Crippen LogP contribution < -0.4 is 5.56 Å². The molecule has 0 saturated heterocycles. The molecule has 0 bridgehead atoms. The van der Waals surface area contributed by atoms with Crippen molar-refractivity contribution < 1.29 is 8.42 Å². The molecule has 0 saturated carbocycles. The topological polar surface area (TPSA) is 56.1 Å². The number of benzene rings is 2. The Morgan fingerprint density at radius 3 is 2.08 bits per heavy atom. The molecule has 26 heavy (non-hydrogen) atoms. The van der Waals surface area contributed by atoms with Crippen molar-refractivity contribution >= 4 is 41.3 Å². The van der Waals surface area contributed by atoms with E-state index in [0.29, 0.717) is 21.5 Å². The van der Waals surface area contributed by atoms with Gasteiger partial charge in [-0.05, 0) is 23.8 Å². The molecule has 0 spiro atoms. The molecule has 0 amide bonds. The smallest absolute Gasteiger partial charge is 0.269 e. The van der Waals surface area contributed by atoms with Gasteiger partial charge in [-0.2, -0.15) is 0 Å². The van der Waals surface area contributed by atoms with E-state index < -0.39 is 9.05 Å². The molecule has 0 aliphatic rings. The van der Waals surface area contributed by atoms with E-state index in [4.69, 9.17) is 10.7 Å². The number of hydrogen-bond donors (Lipinski definition) is 0. The quantitative estimate of drug-likeness (QED) is 0.469. The van der Waals surface area contributed by atoms with Crippen LogP contribution >= 0.6 is 22.0 Å². The first-order chi connectivity index (χ1) is 12.5. The van der Waals surface area contributed by atoms with Gasteiger partial charge in [0.1, 0.15) is 9.04 Å². The number of fused-ring (bicyclic) bond motifs is 1. The van der Waals surface area contributed by atoms with Crippen molar-refractivity contribution in [3.63, 3.8) is 0 Å². The van der Waals surface area contributed by atoms with Crippen LogP contribution in [0.1, 0.15) is 0 Å². The largest absolute Gasteiger partial charge is 0.271 e. The maximum absolute atomic E-state index is 12.5. The summed E-state index contributed by atoms with van der Waals surface area (Å²) < 4.78 is 26.0. The number of rotatable bonds is 3. The molecule has 130 valence electrons. The molecule has 4 rings (SSSR count). The van der Waals surface area contributed by atoms with E-state index in [1.807, 2.05) is 48.5 Å². The summed E-state index contributed by atoms with van der Waals surface area (Å²) in [6, 6.07) is 21.4. The molecule has 4 aromatic rings. The van der Waals surface area contributed by atoms with Crippen LogP contribution in [0.15, 0.2) is 81.8 Å². The second kappa shape index (κ2) is 6.39. The van der Waals surface area contributed by atoms with E-state index in [2.05, 4.69) is 0 Å². The molecule has 0 aliphatic carbocycles. The fraction of sp³-hybridized carbons (Fsp3) is 0. The van der Waals surface area contributed by atoms with Crippen LogP contribution in [0, 0.1) is 0 Å². The second-order valence-corrected chi connectivity index (χ2v) is 9.39. The molecular formula is C19H12ClNO3S2. The van der Waals surface area contributed by atoms with Crippen LogP contribution in [0.5, 0.6) is 0 Å². The Labute approximate surface area is 158 Å². The van der Waals surface area contributed by atoms with Gasteiger partial charge in [-0.15, -0.1) is 11.3 Å². The molecule has 0 unspecified atom stereocenters. The number of hydrogen-bond acceptors (Lipinski definition) is 4. The van der Waals surface area contributed by atoms with Gasteiger partial charge < -0.3 is 0 Å². The molecule has 0 aliphatic heterocycles. The first-order valence-corrected chi connectivity index (χ1v) is 10.8. The molecule has 4 nitrogen and oxygen atoms in total. The summed E-state index contributed by atoms with van der Waals surface area (Å²) in [5.74, 6) is 0. The Morgan fingerprint density at radius 2 is 1.46 bits per heavy atom. The highest BCUT2D eigenvalue weighted by molar-refractivity contribution is 8.15. The van der Waals surface area contributed by atoms with Gasteiger partial charge in [-0.25, -0.2) is 8.42 Å². The first kappa shape index (κ1) is 17.0. The molecule has 0 radical (unpaired) electrons. The van der Waals surface area contributed by atoms with E-state index >= 15 is 0 Å². The van der Waals surface area contributed by atoms with Crippen molar-refractivity contribution in [2.24, 2.45) is 0 Å².